The molecule has 0 unspecified atom stereocenters. The Labute approximate surface area is 162 Å². The van der Waals surface area contributed by atoms with Crippen molar-refractivity contribution in [3.05, 3.63) is 106 Å². The van der Waals surface area contributed by atoms with Crippen molar-refractivity contribution in [1.29, 1.82) is 0 Å². The van der Waals surface area contributed by atoms with Crippen molar-refractivity contribution in [2.24, 2.45) is 0 Å². The van der Waals surface area contributed by atoms with Crippen molar-refractivity contribution in [3.8, 4) is 0 Å². The lowest BCUT2D eigenvalue weighted by molar-refractivity contribution is 0.0985. The summed E-state index contributed by atoms with van der Waals surface area (Å²) in [4.78, 5) is 34.4. The van der Waals surface area contributed by atoms with Crippen LogP contribution in [0.2, 0.25) is 0 Å². The summed E-state index contributed by atoms with van der Waals surface area (Å²) in [6.45, 7) is 2.12. The van der Waals surface area contributed by atoms with Crippen LogP contribution in [0.15, 0.2) is 83.9 Å². The van der Waals surface area contributed by atoms with Crippen LogP contribution in [-0.4, -0.2) is 15.9 Å². The van der Waals surface area contributed by atoms with Crippen LogP contribution < -0.4 is 10.5 Å². The largest absolute Gasteiger partial charge is 0.322 e. The number of anilines is 1. The normalized spacial score (nSPS) is 10.8. The number of nitrogens with zero attached hydrogens (tertiary/aromatic N) is 2. The number of pyridine rings is 2. The van der Waals surface area contributed by atoms with E-state index in [9.17, 15) is 9.59 Å². The maximum absolute atomic E-state index is 13.3. The number of nitrogens with one attached hydrogen (secondary N) is 1. The molecule has 1 N–H and O–H groups in total. The monoisotopic (exact) mass is 369 g/mol. The van der Waals surface area contributed by atoms with Gasteiger partial charge in [-0.25, -0.2) is 0 Å². The zero-order valence-corrected chi connectivity index (χ0v) is 15.4. The molecule has 5 heteroatoms. The summed E-state index contributed by atoms with van der Waals surface area (Å²) >= 11 is 0. The lowest BCUT2D eigenvalue weighted by Crippen LogP contribution is -2.33. The molecule has 0 saturated heterocycles. The first kappa shape index (κ1) is 17.7. The van der Waals surface area contributed by atoms with Crippen LogP contribution >= 0.6 is 0 Å². The first-order chi connectivity index (χ1) is 13.6. The number of para-hydroxylation sites is 2. The fourth-order valence-corrected chi connectivity index (χ4v) is 3.26. The zero-order valence-electron chi connectivity index (χ0n) is 15.4. The van der Waals surface area contributed by atoms with Gasteiger partial charge in [0.05, 0.1) is 6.54 Å². The van der Waals surface area contributed by atoms with Gasteiger partial charge in [0.2, 0.25) is 0 Å². The quantitative estimate of drug-likeness (QED) is 0.589. The van der Waals surface area contributed by atoms with Gasteiger partial charge in [-0.05, 0) is 48.2 Å². The number of carbonyl (C=O) groups is 1. The number of H-pyrrole nitrogens is 1. The fraction of sp³-hybridized carbons (Fsp3) is 0.0870. The van der Waals surface area contributed by atoms with Crippen LogP contribution in [-0.2, 0) is 6.54 Å². The molecule has 4 aromatic rings. The first-order valence-corrected chi connectivity index (χ1v) is 9.02. The van der Waals surface area contributed by atoms with Crippen molar-refractivity contribution in [3.63, 3.8) is 0 Å². The molecule has 4 rings (SSSR count). The van der Waals surface area contributed by atoms with Crippen molar-refractivity contribution in [2.45, 2.75) is 13.5 Å². The molecule has 0 aliphatic heterocycles. The third-order valence-corrected chi connectivity index (χ3v) is 4.74. The van der Waals surface area contributed by atoms with E-state index in [0.29, 0.717) is 11.1 Å². The molecule has 5 nitrogen and oxygen atoms in total. The molecule has 0 atom stereocenters. The Bertz CT molecular complexity index is 1200. The van der Waals surface area contributed by atoms with E-state index in [0.717, 1.165) is 22.2 Å². The summed E-state index contributed by atoms with van der Waals surface area (Å²) < 4.78 is 0. The molecule has 28 heavy (non-hydrogen) atoms. The van der Waals surface area contributed by atoms with Gasteiger partial charge in [-0.15, -0.1) is 0 Å². The van der Waals surface area contributed by atoms with E-state index >= 15 is 0 Å². The van der Waals surface area contributed by atoms with Crippen LogP contribution in [0, 0.1) is 6.92 Å². The Morgan fingerprint density at radius 3 is 2.50 bits per heavy atom. The van der Waals surface area contributed by atoms with Gasteiger partial charge in [0.1, 0.15) is 0 Å². The van der Waals surface area contributed by atoms with Gasteiger partial charge >= 0.3 is 0 Å². The van der Waals surface area contributed by atoms with E-state index < -0.39 is 0 Å². The topological polar surface area (TPSA) is 66.1 Å². The van der Waals surface area contributed by atoms with E-state index in [2.05, 4.69) is 9.97 Å². The molecule has 0 aliphatic carbocycles. The number of benzene rings is 2. The van der Waals surface area contributed by atoms with Crippen LogP contribution in [0.4, 0.5) is 5.69 Å². The fourth-order valence-electron chi connectivity index (χ4n) is 3.26. The highest BCUT2D eigenvalue weighted by molar-refractivity contribution is 6.06. The number of hydrogen-bond donors (Lipinski definition) is 1. The summed E-state index contributed by atoms with van der Waals surface area (Å²) in [5, 5.41) is 0.929. The molecular formula is C23H19N3O2. The molecule has 0 spiro atoms. The van der Waals surface area contributed by atoms with Crippen LogP contribution in [0.1, 0.15) is 21.5 Å². The van der Waals surface area contributed by atoms with Gasteiger partial charge in [0, 0.05) is 34.7 Å². The maximum Gasteiger partial charge on any atom is 0.258 e. The molecular weight excluding hydrogens is 350 g/mol. The number of fused-ring (bicyclic) bond motifs is 1. The van der Waals surface area contributed by atoms with Crippen LogP contribution in [0.3, 0.4) is 0 Å². The van der Waals surface area contributed by atoms with E-state index in [-0.39, 0.29) is 18.0 Å². The van der Waals surface area contributed by atoms with Crippen molar-refractivity contribution >= 4 is 22.5 Å². The molecule has 2 aromatic carbocycles. The number of aromatic amines is 1. The van der Waals surface area contributed by atoms with Crippen LogP contribution in [0.5, 0.6) is 0 Å². The van der Waals surface area contributed by atoms with Crippen molar-refractivity contribution < 1.29 is 4.79 Å². The number of hydrogen-bond acceptors (Lipinski definition) is 3. The van der Waals surface area contributed by atoms with E-state index in [4.69, 9.17) is 0 Å². The number of amides is 1. The summed E-state index contributed by atoms with van der Waals surface area (Å²) in [7, 11) is 0. The second kappa shape index (κ2) is 7.48. The molecule has 138 valence electrons. The van der Waals surface area contributed by atoms with Gasteiger partial charge in [-0.3, -0.25) is 14.6 Å². The summed E-state index contributed by atoms with van der Waals surface area (Å²) in [6, 6.07) is 20.5. The van der Waals surface area contributed by atoms with Crippen molar-refractivity contribution in [1.82, 2.24) is 9.97 Å². The Hall–Kier alpha value is -3.73. The zero-order chi connectivity index (χ0) is 19.5. The average Bonchev–Trinajstić information content (AvgIpc) is 2.73. The molecule has 2 heterocycles. The number of rotatable bonds is 4. The second-order valence-electron chi connectivity index (χ2n) is 6.62. The van der Waals surface area contributed by atoms with Crippen molar-refractivity contribution in [2.75, 3.05) is 4.90 Å². The standard InChI is InChI=1S/C23H19N3O2/c1-16-6-2-5-9-21(16)26(23(28)17-10-12-24-13-11-17)15-19-14-18-7-3-4-8-20(18)25-22(19)27/h2-14H,15H2,1H3,(H,25,27). The van der Waals surface area contributed by atoms with E-state index in [1.165, 1.54) is 0 Å². The Morgan fingerprint density at radius 2 is 1.71 bits per heavy atom. The maximum atomic E-state index is 13.3. The highest BCUT2D eigenvalue weighted by Crippen LogP contribution is 2.24. The SMILES string of the molecule is Cc1ccccc1N(Cc1cc2ccccc2[nH]c1=O)C(=O)c1ccncc1. The third kappa shape index (κ3) is 3.42. The lowest BCUT2D eigenvalue weighted by Gasteiger charge is -2.24. The predicted molar refractivity (Wildman–Crippen MR) is 110 cm³/mol. The van der Waals surface area contributed by atoms with Crippen LogP contribution in [0.25, 0.3) is 10.9 Å². The second-order valence-corrected chi connectivity index (χ2v) is 6.62. The smallest absolute Gasteiger partial charge is 0.258 e. The molecule has 0 fully saturated rings. The van der Waals surface area contributed by atoms with Gasteiger partial charge in [0.25, 0.3) is 11.5 Å². The van der Waals surface area contributed by atoms with Gasteiger partial charge in [-0.2, -0.15) is 0 Å². The number of aromatic nitrogens is 2. The minimum atomic E-state index is -0.195. The molecule has 0 saturated carbocycles. The third-order valence-electron chi connectivity index (χ3n) is 4.74. The molecule has 1 amide bonds. The molecule has 2 aromatic heterocycles. The number of carbonyl (C=O) groups excluding carboxylic acids is 1. The minimum Gasteiger partial charge on any atom is -0.322 e. The highest BCUT2D eigenvalue weighted by Gasteiger charge is 2.21. The first-order valence-electron chi connectivity index (χ1n) is 9.02. The van der Waals surface area contributed by atoms with Gasteiger partial charge in [0.15, 0.2) is 0 Å². The van der Waals surface area contributed by atoms with Gasteiger partial charge in [-0.1, -0.05) is 36.4 Å². The predicted octanol–water partition coefficient (Wildman–Crippen LogP) is 4.08. The lowest BCUT2D eigenvalue weighted by atomic mass is 10.1. The summed E-state index contributed by atoms with van der Waals surface area (Å²) in [5.41, 5.74) is 3.37. The van der Waals surface area contributed by atoms with Gasteiger partial charge < -0.3 is 9.88 Å². The Morgan fingerprint density at radius 1 is 1.00 bits per heavy atom. The minimum absolute atomic E-state index is 0.173. The molecule has 0 radical (unpaired) electrons. The Kier molecular flexibility index (Phi) is 4.72. The summed E-state index contributed by atoms with van der Waals surface area (Å²) in [5.74, 6) is -0.177. The molecule has 0 aliphatic rings. The Balaban J connectivity index is 1.80. The molecule has 0 bridgehead atoms. The number of aryl methyl sites for hydroxylation is 1. The average molecular weight is 369 g/mol. The summed E-state index contributed by atoms with van der Waals surface area (Å²) in [6.07, 6.45) is 3.18. The van der Waals surface area contributed by atoms with E-state index in [1.807, 2.05) is 61.5 Å². The highest BCUT2D eigenvalue weighted by atomic mass is 16.2. The van der Waals surface area contributed by atoms with E-state index in [1.54, 1.807) is 29.4 Å².